The fourth-order valence-corrected chi connectivity index (χ4v) is 5.55. The van der Waals surface area contributed by atoms with Crippen LogP contribution in [0, 0.1) is 5.82 Å². The predicted octanol–water partition coefficient (Wildman–Crippen LogP) is 2.78. The van der Waals surface area contributed by atoms with Crippen LogP contribution in [0.2, 0.25) is 0 Å². The summed E-state index contributed by atoms with van der Waals surface area (Å²) in [4.78, 5) is 17.7. The van der Waals surface area contributed by atoms with Crippen LogP contribution >= 0.6 is 0 Å². The monoisotopic (exact) mass is 463 g/mol. The summed E-state index contributed by atoms with van der Waals surface area (Å²) in [5, 5.41) is 13.5. The van der Waals surface area contributed by atoms with E-state index in [4.69, 9.17) is 0 Å². The van der Waals surface area contributed by atoms with Crippen LogP contribution < -0.4 is 0 Å². The standard InChI is InChI=1S/C25H30FN7O/c26-19-8-3-4-9-21(19)33-20-10-6-7-18(20)24(29-33)25(34)31-15-13-30(14-16-31)17-23-28-27-22-11-2-1-5-12-32(22)23/h3-4,8-9H,1-2,5-7,10-17H2. The number of rotatable bonds is 4. The third-order valence-electron chi connectivity index (χ3n) is 7.42. The maximum atomic E-state index is 14.5. The minimum absolute atomic E-state index is 0.0377. The van der Waals surface area contributed by atoms with Crippen molar-refractivity contribution in [1.29, 1.82) is 0 Å². The summed E-state index contributed by atoms with van der Waals surface area (Å²) in [6.45, 7) is 4.68. The molecule has 2 aromatic heterocycles. The largest absolute Gasteiger partial charge is 0.335 e. The van der Waals surface area contributed by atoms with Crippen molar-refractivity contribution in [3.05, 3.63) is 58.7 Å². The van der Waals surface area contributed by atoms with E-state index in [0.29, 0.717) is 24.5 Å². The number of carbonyl (C=O) groups is 1. The molecule has 1 aliphatic carbocycles. The highest BCUT2D eigenvalue weighted by Gasteiger charge is 2.32. The van der Waals surface area contributed by atoms with Crippen LogP contribution in [0.5, 0.6) is 0 Å². The molecule has 1 saturated heterocycles. The summed E-state index contributed by atoms with van der Waals surface area (Å²) in [6, 6.07) is 6.63. The molecular weight excluding hydrogens is 433 g/mol. The van der Waals surface area contributed by atoms with Gasteiger partial charge in [0.2, 0.25) is 0 Å². The molecule has 3 aliphatic rings. The van der Waals surface area contributed by atoms with Crippen molar-refractivity contribution in [2.45, 2.75) is 58.0 Å². The highest BCUT2D eigenvalue weighted by molar-refractivity contribution is 5.94. The van der Waals surface area contributed by atoms with Gasteiger partial charge >= 0.3 is 0 Å². The average molecular weight is 464 g/mol. The van der Waals surface area contributed by atoms with Crippen LogP contribution in [0.25, 0.3) is 5.69 Å². The Morgan fingerprint density at radius 1 is 0.912 bits per heavy atom. The Morgan fingerprint density at radius 2 is 1.76 bits per heavy atom. The van der Waals surface area contributed by atoms with Gasteiger partial charge in [0.25, 0.3) is 5.91 Å². The number of hydrogen-bond donors (Lipinski definition) is 0. The zero-order chi connectivity index (χ0) is 23.1. The Bertz CT molecular complexity index is 1210. The van der Waals surface area contributed by atoms with Gasteiger partial charge in [-0.05, 0) is 44.2 Å². The van der Waals surface area contributed by atoms with Crippen LogP contribution in [-0.4, -0.2) is 66.4 Å². The lowest BCUT2D eigenvalue weighted by Gasteiger charge is -2.34. The predicted molar refractivity (Wildman–Crippen MR) is 124 cm³/mol. The van der Waals surface area contributed by atoms with Gasteiger partial charge in [-0.2, -0.15) is 5.10 Å². The molecule has 0 unspecified atom stereocenters. The van der Waals surface area contributed by atoms with Gasteiger partial charge < -0.3 is 9.47 Å². The maximum Gasteiger partial charge on any atom is 0.274 e. The van der Waals surface area contributed by atoms with E-state index < -0.39 is 0 Å². The Kier molecular flexibility index (Phi) is 5.64. The lowest BCUT2D eigenvalue weighted by atomic mass is 10.1. The first-order valence-electron chi connectivity index (χ1n) is 12.5. The average Bonchev–Trinajstić information content (AvgIpc) is 3.52. The summed E-state index contributed by atoms with van der Waals surface area (Å²) in [6.07, 6.45) is 7.25. The van der Waals surface area contributed by atoms with Gasteiger partial charge in [0.15, 0.2) is 5.69 Å². The summed E-state index contributed by atoms with van der Waals surface area (Å²) in [5.74, 6) is 1.79. The zero-order valence-corrected chi connectivity index (χ0v) is 19.4. The molecule has 0 atom stereocenters. The van der Waals surface area contributed by atoms with Crippen LogP contribution in [0.4, 0.5) is 4.39 Å². The number of benzene rings is 1. The lowest BCUT2D eigenvalue weighted by Crippen LogP contribution is -2.48. The number of fused-ring (bicyclic) bond motifs is 2. The summed E-state index contributed by atoms with van der Waals surface area (Å²) < 4.78 is 18.4. The second-order valence-electron chi connectivity index (χ2n) is 9.55. The van der Waals surface area contributed by atoms with Gasteiger partial charge in [0.1, 0.15) is 23.2 Å². The van der Waals surface area contributed by atoms with Gasteiger partial charge in [-0.3, -0.25) is 9.69 Å². The minimum Gasteiger partial charge on any atom is -0.335 e. The zero-order valence-electron chi connectivity index (χ0n) is 19.4. The fourth-order valence-electron chi connectivity index (χ4n) is 5.55. The molecule has 2 aliphatic heterocycles. The number of para-hydroxylation sites is 1. The van der Waals surface area contributed by atoms with E-state index in [1.54, 1.807) is 22.9 Å². The van der Waals surface area contributed by atoms with Gasteiger partial charge in [-0.15, -0.1) is 10.2 Å². The van der Waals surface area contributed by atoms with E-state index in [2.05, 4.69) is 24.8 Å². The molecule has 0 bridgehead atoms. The smallest absolute Gasteiger partial charge is 0.274 e. The Morgan fingerprint density at radius 3 is 2.62 bits per heavy atom. The van der Waals surface area contributed by atoms with Crippen LogP contribution in [0.1, 0.15) is 59.1 Å². The third kappa shape index (κ3) is 3.81. The van der Waals surface area contributed by atoms with Crippen molar-refractivity contribution in [3.8, 4) is 5.69 Å². The highest BCUT2D eigenvalue weighted by Crippen LogP contribution is 2.29. The topological polar surface area (TPSA) is 72.1 Å². The molecule has 9 heteroatoms. The molecule has 0 saturated carbocycles. The molecule has 34 heavy (non-hydrogen) atoms. The molecule has 1 fully saturated rings. The lowest BCUT2D eigenvalue weighted by molar-refractivity contribution is 0.0616. The number of aryl methyl sites for hydroxylation is 1. The number of aromatic nitrogens is 5. The summed E-state index contributed by atoms with van der Waals surface area (Å²) >= 11 is 0. The molecule has 0 radical (unpaired) electrons. The van der Waals surface area contributed by atoms with Crippen molar-refractivity contribution >= 4 is 5.91 Å². The van der Waals surface area contributed by atoms with Crippen LogP contribution in [0.3, 0.4) is 0 Å². The van der Waals surface area contributed by atoms with E-state index in [-0.39, 0.29) is 11.7 Å². The molecule has 8 nitrogen and oxygen atoms in total. The van der Waals surface area contributed by atoms with E-state index in [1.807, 2.05) is 4.90 Å². The minimum atomic E-state index is -0.321. The number of nitrogens with zero attached hydrogens (tertiary/aromatic N) is 7. The molecule has 178 valence electrons. The van der Waals surface area contributed by atoms with Gasteiger partial charge in [-0.25, -0.2) is 9.07 Å². The number of piperazine rings is 1. The van der Waals surface area contributed by atoms with Crippen molar-refractivity contribution in [2.75, 3.05) is 26.2 Å². The first-order chi connectivity index (χ1) is 16.7. The first-order valence-corrected chi connectivity index (χ1v) is 12.5. The van der Waals surface area contributed by atoms with Gasteiger partial charge in [-0.1, -0.05) is 18.6 Å². The maximum absolute atomic E-state index is 14.5. The molecule has 1 aromatic carbocycles. The Hall–Kier alpha value is -3.07. The van der Waals surface area contributed by atoms with Gasteiger partial charge in [0, 0.05) is 50.4 Å². The molecule has 4 heterocycles. The van der Waals surface area contributed by atoms with E-state index in [0.717, 1.165) is 74.8 Å². The third-order valence-corrected chi connectivity index (χ3v) is 7.42. The van der Waals surface area contributed by atoms with E-state index in [1.165, 1.54) is 25.3 Å². The van der Waals surface area contributed by atoms with Crippen LogP contribution in [-0.2, 0) is 32.4 Å². The summed E-state index contributed by atoms with van der Waals surface area (Å²) in [5.41, 5.74) is 2.87. The quantitative estimate of drug-likeness (QED) is 0.595. The molecule has 0 spiro atoms. The second kappa shape index (κ2) is 8.94. The number of amides is 1. The van der Waals surface area contributed by atoms with Gasteiger partial charge in [0.05, 0.1) is 6.54 Å². The molecule has 3 aromatic rings. The van der Waals surface area contributed by atoms with Crippen molar-refractivity contribution < 1.29 is 9.18 Å². The number of halogens is 1. The number of hydrogen-bond acceptors (Lipinski definition) is 5. The molecule has 6 rings (SSSR count). The Balaban J connectivity index is 1.15. The Labute approximate surface area is 198 Å². The highest BCUT2D eigenvalue weighted by atomic mass is 19.1. The van der Waals surface area contributed by atoms with Crippen molar-refractivity contribution in [3.63, 3.8) is 0 Å². The van der Waals surface area contributed by atoms with Crippen molar-refractivity contribution in [2.24, 2.45) is 0 Å². The van der Waals surface area contributed by atoms with Crippen molar-refractivity contribution in [1.82, 2.24) is 34.3 Å². The normalized spacial score (nSPS) is 18.6. The van der Waals surface area contributed by atoms with E-state index in [9.17, 15) is 9.18 Å². The van der Waals surface area contributed by atoms with Crippen LogP contribution in [0.15, 0.2) is 24.3 Å². The number of carbonyl (C=O) groups excluding carboxylic acids is 1. The summed E-state index contributed by atoms with van der Waals surface area (Å²) in [7, 11) is 0. The SMILES string of the molecule is O=C(c1nn(-c2ccccc2F)c2c1CCC2)N1CCN(Cc2nnc3n2CCCCC3)CC1. The second-order valence-corrected chi connectivity index (χ2v) is 9.55. The molecule has 0 N–H and O–H groups in total. The molecule has 1 amide bonds. The first kappa shape index (κ1) is 21.5. The van der Waals surface area contributed by atoms with E-state index >= 15 is 0 Å². The molecular formula is C25H30FN7O. The fraction of sp³-hybridized carbons (Fsp3) is 0.520.